The number of ether oxygens (including phenoxy) is 2. The van der Waals surface area contributed by atoms with Gasteiger partial charge >= 0.3 is 11.9 Å². The van der Waals surface area contributed by atoms with E-state index in [1.165, 1.54) is 19.1 Å². The summed E-state index contributed by atoms with van der Waals surface area (Å²) in [6.07, 6.45) is 0. The zero-order chi connectivity index (χ0) is 19.6. The van der Waals surface area contributed by atoms with Gasteiger partial charge in [-0.05, 0) is 49.4 Å². The van der Waals surface area contributed by atoms with Crippen LogP contribution in [0.15, 0.2) is 69.9 Å². The lowest BCUT2D eigenvalue weighted by molar-refractivity contribution is -0.132. The summed E-state index contributed by atoms with van der Waals surface area (Å²) in [6.45, 7) is 6.37. The largest absolute Gasteiger partial charge is 0.456 e. The van der Waals surface area contributed by atoms with Gasteiger partial charge in [0.15, 0.2) is 5.43 Å². The van der Waals surface area contributed by atoms with Gasteiger partial charge in [0.05, 0.1) is 5.39 Å². The molecule has 0 aliphatic heterocycles. The van der Waals surface area contributed by atoms with E-state index in [-0.39, 0.29) is 11.2 Å². The van der Waals surface area contributed by atoms with Crippen molar-refractivity contribution in [2.75, 3.05) is 0 Å². The molecule has 136 valence electrons. The lowest BCUT2D eigenvalue weighted by Crippen LogP contribution is -2.08. The molecular weight excluding hydrogens is 348 g/mol. The summed E-state index contributed by atoms with van der Waals surface area (Å²) < 4.78 is 15.9. The van der Waals surface area contributed by atoms with Crippen LogP contribution in [0, 0.1) is 0 Å². The summed E-state index contributed by atoms with van der Waals surface area (Å²) in [4.78, 5) is 35.0. The van der Waals surface area contributed by atoms with Crippen LogP contribution in [-0.2, 0) is 9.59 Å². The third kappa shape index (κ3) is 4.12. The lowest BCUT2D eigenvalue weighted by atomic mass is 10.1. The molecule has 0 amide bonds. The number of esters is 2. The molecule has 3 aromatic rings. The van der Waals surface area contributed by atoms with E-state index in [4.69, 9.17) is 13.9 Å². The van der Waals surface area contributed by atoms with Gasteiger partial charge in [-0.25, -0.2) is 4.79 Å². The SMILES string of the molecule is C=C(C)C(=O)Oc1ccc(-c2cc(=O)c3cc(OC(C)=O)ccc3o2)cc1. The molecule has 3 rings (SSSR count). The smallest absolute Gasteiger partial charge is 0.338 e. The Labute approximate surface area is 154 Å². The summed E-state index contributed by atoms with van der Waals surface area (Å²) in [7, 11) is 0. The Morgan fingerprint density at radius 3 is 2.22 bits per heavy atom. The van der Waals surface area contributed by atoms with E-state index < -0.39 is 11.9 Å². The molecule has 1 heterocycles. The van der Waals surface area contributed by atoms with Crippen molar-refractivity contribution in [2.24, 2.45) is 0 Å². The number of hydrogen-bond acceptors (Lipinski definition) is 6. The summed E-state index contributed by atoms with van der Waals surface area (Å²) >= 11 is 0. The third-order valence-electron chi connectivity index (χ3n) is 3.66. The second kappa shape index (κ2) is 7.29. The van der Waals surface area contributed by atoms with E-state index in [9.17, 15) is 14.4 Å². The van der Waals surface area contributed by atoms with Gasteiger partial charge in [0.25, 0.3) is 0 Å². The van der Waals surface area contributed by atoms with Gasteiger partial charge in [0.1, 0.15) is 22.8 Å². The fraction of sp³-hybridized carbons (Fsp3) is 0.0952. The zero-order valence-electron chi connectivity index (χ0n) is 14.8. The molecule has 0 bridgehead atoms. The molecule has 2 aromatic carbocycles. The second-order valence-corrected chi connectivity index (χ2v) is 5.92. The third-order valence-corrected chi connectivity index (χ3v) is 3.66. The van der Waals surface area contributed by atoms with E-state index in [2.05, 4.69) is 6.58 Å². The molecule has 27 heavy (non-hydrogen) atoms. The molecule has 0 N–H and O–H groups in total. The summed E-state index contributed by atoms with van der Waals surface area (Å²) in [6, 6.07) is 12.5. The lowest BCUT2D eigenvalue weighted by Gasteiger charge is -2.07. The van der Waals surface area contributed by atoms with Crippen LogP contribution in [0.4, 0.5) is 0 Å². The number of carbonyl (C=O) groups is 2. The Balaban J connectivity index is 1.93. The van der Waals surface area contributed by atoms with Crippen molar-refractivity contribution in [2.45, 2.75) is 13.8 Å². The number of rotatable bonds is 4. The molecular formula is C21H16O6. The second-order valence-electron chi connectivity index (χ2n) is 5.92. The maximum Gasteiger partial charge on any atom is 0.338 e. The summed E-state index contributed by atoms with van der Waals surface area (Å²) in [5.41, 5.74) is 1.05. The molecule has 0 unspecified atom stereocenters. The highest BCUT2D eigenvalue weighted by molar-refractivity contribution is 5.88. The Morgan fingerprint density at radius 1 is 0.926 bits per heavy atom. The van der Waals surface area contributed by atoms with E-state index >= 15 is 0 Å². The van der Waals surface area contributed by atoms with Gasteiger partial charge in [-0.3, -0.25) is 9.59 Å². The van der Waals surface area contributed by atoms with Crippen LogP contribution in [0.5, 0.6) is 11.5 Å². The average molecular weight is 364 g/mol. The first-order chi connectivity index (χ1) is 12.8. The first-order valence-electron chi connectivity index (χ1n) is 8.08. The first kappa shape index (κ1) is 18.1. The van der Waals surface area contributed by atoms with E-state index in [0.29, 0.717) is 33.6 Å². The highest BCUT2D eigenvalue weighted by atomic mass is 16.5. The molecule has 0 fully saturated rings. The van der Waals surface area contributed by atoms with Crippen LogP contribution in [0.3, 0.4) is 0 Å². The van der Waals surface area contributed by atoms with Gasteiger partial charge in [0, 0.05) is 24.1 Å². The molecule has 0 radical (unpaired) electrons. The van der Waals surface area contributed by atoms with Crippen molar-refractivity contribution < 1.29 is 23.5 Å². The van der Waals surface area contributed by atoms with Crippen molar-refractivity contribution >= 4 is 22.9 Å². The van der Waals surface area contributed by atoms with Crippen molar-refractivity contribution in [1.82, 2.24) is 0 Å². The topological polar surface area (TPSA) is 82.8 Å². The first-order valence-corrected chi connectivity index (χ1v) is 8.08. The molecule has 6 heteroatoms. The monoisotopic (exact) mass is 364 g/mol. The minimum absolute atomic E-state index is 0.266. The molecule has 0 atom stereocenters. The van der Waals surface area contributed by atoms with Crippen molar-refractivity contribution in [3.63, 3.8) is 0 Å². The van der Waals surface area contributed by atoms with Gasteiger partial charge in [-0.1, -0.05) is 6.58 Å². The Kier molecular flexibility index (Phi) is 4.90. The number of hydrogen-bond donors (Lipinski definition) is 0. The number of benzene rings is 2. The quantitative estimate of drug-likeness (QED) is 0.397. The Bertz CT molecular complexity index is 1110. The van der Waals surface area contributed by atoms with Gasteiger partial charge in [-0.15, -0.1) is 0 Å². The predicted octanol–water partition coefficient (Wildman–Crippen LogP) is 3.87. The zero-order valence-corrected chi connectivity index (χ0v) is 14.8. The minimum atomic E-state index is -0.511. The van der Waals surface area contributed by atoms with Crippen LogP contribution in [-0.4, -0.2) is 11.9 Å². The molecule has 1 aromatic heterocycles. The predicted molar refractivity (Wildman–Crippen MR) is 99.7 cm³/mol. The van der Waals surface area contributed by atoms with Gasteiger partial charge < -0.3 is 13.9 Å². The van der Waals surface area contributed by atoms with Crippen molar-refractivity contribution in [3.8, 4) is 22.8 Å². The van der Waals surface area contributed by atoms with Crippen molar-refractivity contribution in [1.29, 1.82) is 0 Å². The molecule has 0 aliphatic carbocycles. The number of fused-ring (bicyclic) bond motifs is 1. The summed E-state index contributed by atoms with van der Waals surface area (Å²) in [5, 5.41) is 0.310. The highest BCUT2D eigenvalue weighted by Gasteiger charge is 2.10. The maximum absolute atomic E-state index is 12.4. The fourth-order valence-electron chi connectivity index (χ4n) is 2.39. The van der Waals surface area contributed by atoms with E-state index in [1.807, 2.05) is 0 Å². The minimum Gasteiger partial charge on any atom is -0.456 e. The molecule has 0 aliphatic rings. The fourth-order valence-corrected chi connectivity index (χ4v) is 2.39. The summed E-state index contributed by atoms with van der Waals surface area (Å²) in [5.74, 6) is 0.0246. The molecule has 0 saturated carbocycles. The molecule has 0 spiro atoms. The van der Waals surface area contributed by atoms with Gasteiger partial charge in [0.2, 0.25) is 0 Å². The van der Waals surface area contributed by atoms with Crippen LogP contribution < -0.4 is 14.9 Å². The van der Waals surface area contributed by atoms with Crippen LogP contribution in [0.1, 0.15) is 13.8 Å². The highest BCUT2D eigenvalue weighted by Crippen LogP contribution is 2.26. The average Bonchev–Trinajstić information content (AvgIpc) is 2.62. The van der Waals surface area contributed by atoms with Crippen LogP contribution >= 0.6 is 0 Å². The van der Waals surface area contributed by atoms with Crippen LogP contribution in [0.2, 0.25) is 0 Å². The standard InChI is InChI=1S/C21H16O6/c1-12(2)21(24)26-15-6-4-14(5-7-15)20-11-18(23)17-10-16(25-13(3)22)8-9-19(17)27-20/h4-11H,1H2,2-3H3. The Morgan fingerprint density at radius 2 is 1.59 bits per heavy atom. The number of carbonyl (C=O) groups excluding carboxylic acids is 2. The normalized spacial score (nSPS) is 10.4. The van der Waals surface area contributed by atoms with E-state index in [0.717, 1.165) is 0 Å². The Hall–Kier alpha value is -3.67. The van der Waals surface area contributed by atoms with Crippen LogP contribution in [0.25, 0.3) is 22.3 Å². The maximum atomic E-state index is 12.4. The van der Waals surface area contributed by atoms with Crippen molar-refractivity contribution in [3.05, 3.63) is 70.9 Å². The van der Waals surface area contributed by atoms with Gasteiger partial charge in [-0.2, -0.15) is 0 Å². The molecule has 6 nitrogen and oxygen atoms in total. The molecule has 0 saturated heterocycles. The van der Waals surface area contributed by atoms with E-state index in [1.54, 1.807) is 43.3 Å².